The number of hydrogen-bond donors (Lipinski definition) is 0. The third-order valence-electron chi connectivity index (χ3n) is 4.11. The summed E-state index contributed by atoms with van der Waals surface area (Å²) in [5, 5.41) is 0. The molecule has 0 N–H and O–H groups in total. The van der Waals surface area contributed by atoms with Crippen molar-refractivity contribution in [1.29, 1.82) is 0 Å². The maximum Gasteiger partial charge on any atom is 0.304 e. The summed E-state index contributed by atoms with van der Waals surface area (Å²) < 4.78 is 39.6. The van der Waals surface area contributed by atoms with Crippen LogP contribution >= 0.6 is 0 Å². The van der Waals surface area contributed by atoms with E-state index in [1.165, 1.54) is 0 Å². The molecule has 0 saturated heterocycles. The minimum atomic E-state index is -4.44. The largest absolute Gasteiger partial charge is 0.497 e. The smallest absolute Gasteiger partial charge is 0.304 e. The molecule has 1 atom stereocenters. The van der Waals surface area contributed by atoms with Gasteiger partial charge in [0.05, 0.1) is 12.9 Å². The summed E-state index contributed by atoms with van der Waals surface area (Å²) >= 11 is 0. The first-order valence-corrected chi connectivity index (χ1v) is 8.69. The average molecular weight is 315 g/mol. The Balaban J connectivity index is 2.28. The normalized spacial score (nSPS) is 18.7. The van der Waals surface area contributed by atoms with Crippen LogP contribution in [0.15, 0.2) is 18.2 Å². The molecule has 0 bridgehead atoms. The highest BCUT2D eigenvalue weighted by molar-refractivity contribution is 7.86. The fourth-order valence-corrected chi connectivity index (χ4v) is 3.21. The van der Waals surface area contributed by atoms with Crippen LogP contribution in [-0.4, -0.2) is 34.4 Å². The van der Waals surface area contributed by atoms with Crippen molar-refractivity contribution >= 4 is 15.9 Å². The quantitative estimate of drug-likeness (QED) is 0.784. The third kappa shape index (κ3) is 4.09. The Morgan fingerprint density at radius 3 is 2.71 bits per heavy atom. The van der Waals surface area contributed by atoms with Crippen molar-refractivity contribution < 1.29 is 17.0 Å². The summed E-state index contributed by atoms with van der Waals surface area (Å²) in [5.41, 5.74) is 2.12. The van der Waals surface area contributed by atoms with Crippen LogP contribution in [0.5, 0.6) is 5.75 Å². The predicted molar refractivity (Wildman–Crippen MR) is 82.1 cm³/mol. The Morgan fingerprint density at radius 2 is 2.14 bits per heavy atom. The highest BCUT2D eigenvalue weighted by Gasteiger charge is 2.27. The van der Waals surface area contributed by atoms with Crippen molar-refractivity contribution in [1.82, 2.24) is 0 Å². The van der Waals surface area contributed by atoms with Crippen LogP contribution in [0.1, 0.15) is 19.4 Å². The van der Waals surface area contributed by atoms with E-state index in [4.69, 9.17) is 4.74 Å². The molecule has 1 aromatic carbocycles. The van der Waals surface area contributed by atoms with Crippen LogP contribution in [0, 0.1) is 11.8 Å². The third-order valence-corrected chi connectivity index (χ3v) is 4.78. The van der Waals surface area contributed by atoms with Crippen molar-refractivity contribution in [3.8, 4) is 5.75 Å². The Kier molecular flexibility index (Phi) is 4.76. The second-order valence-corrected chi connectivity index (χ2v) is 7.38. The van der Waals surface area contributed by atoms with Gasteiger partial charge < -0.3 is 9.64 Å². The zero-order chi connectivity index (χ0) is 15.6. The van der Waals surface area contributed by atoms with Gasteiger partial charge in [0.1, 0.15) is 5.75 Å². The Labute approximate surface area is 126 Å². The van der Waals surface area contributed by atoms with Crippen molar-refractivity contribution in [2.24, 2.45) is 11.8 Å². The molecule has 0 radical (unpaired) electrons. The number of fused-ring (bicyclic) bond motifs is 1. The van der Waals surface area contributed by atoms with Gasteiger partial charge in [-0.25, -0.2) is 0 Å². The van der Waals surface area contributed by atoms with E-state index in [0.29, 0.717) is 11.8 Å². The maximum atomic E-state index is 12.8. The van der Waals surface area contributed by atoms with Gasteiger partial charge in [0, 0.05) is 18.8 Å². The molecule has 118 valence electrons. The number of ether oxygens (including phenoxy) is 1. The molecule has 6 heteroatoms. The first-order valence-electron chi connectivity index (χ1n) is 7.14. The number of hydrogen-bond acceptors (Lipinski definition) is 4. The average Bonchev–Trinajstić information content (AvgIpc) is 2.42. The van der Waals surface area contributed by atoms with E-state index in [9.17, 15) is 12.3 Å². The Hall–Kier alpha value is -1.30. The number of halogens is 1. The fourth-order valence-electron chi connectivity index (χ4n) is 2.77. The van der Waals surface area contributed by atoms with Crippen LogP contribution in [-0.2, 0) is 16.6 Å². The van der Waals surface area contributed by atoms with Gasteiger partial charge in [-0.1, -0.05) is 13.8 Å². The Morgan fingerprint density at radius 1 is 1.43 bits per heavy atom. The minimum Gasteiger partial charge on any atom is -0.497 e. The van der Waals surface area contributed by atoms with E-state index >= 15 is 0 Å². The second-order valence-electron chi connectivity index (χ2n) is 5.89. The molecule has 0 aromatic heterocycles. The van der Waals surface area contributed by atoms with Gasteiger partial charge in [-0.2, -0.15) is 8.42 Å². The predicted octanol–water partition coefficient (Wildman–Crippen LogP) is 2.63. The van der Waals surface area contributed by atoms with Gasteiger partial charge in [0.15, 0.2) is 0 Å². The van der Waals surface area contributed by atoms with Crippen molar-refractivity contribution in [2.75, 3.05) is 30.9 Å². The standard InChI is InChI=1S/C15H22FNO3S/c1-11(2)13-8-12-9-14(20-3)4-5-15(12)17(10-13)6-7-21(16,18)19/h4-5,9,11,13H,6-8,10H2,1-3H3. The molecule has 0 amide bonds. The van der Waals surface area contributed by atoms with Gasteiger partial charge in [-0.05, 0) is 42.0 Å². The van der Waals surface area contributed by atoms with Crippen molar-refractivity contribution in [3.05, 3.63) is 23.8 Å². The lowest BCUT2D eigenvalue weighted by Crippen LogP contribution is -2.39. The zero-order valence-corrected chi connectivity index (χ0v) is 13.5. The molecule has 0 spiro atoms. The molecule has 0 saturated carbocycles. The van der Waals surface area contributed by atoms with Crippen LogP contribution in [0.2, 0.25) is 0 Å². The van der Waals surface area contributed by atoms with E-state index < -0.39 is 16.0 Å². The van der Waals surface area contributed by atoms with E-state index in [2.05, 4.69) is 13.8 Å². The van der Waals surface area contributed by atoms with Crippen LogP contribution in [0.25, 0.3) is 0 Å². The van der Waals surface area contributed by atoms with E-state index in [1.807, 2.05) is 23.1 Å². The number of benzene rings is 1. The molecular formula is C15H22FNO3S. The summed E-state index contributed by atoms with van der Waals surface area (Å²) in [5.74, 6) is 1.22. The van der Waals surface area contributed by atoms with Crippen LogP contribution in [0.3, 0.4) is 0 Å². The monoisotopic (exact) mass is 315 g/mol. The Bertz CT molecular complexity index is 601. The molecular weight excluding hydrogens is 293 g/mol. The molecule has 2 rings (SSSR count). The van der Waals surface area contributed by atoms with Crippen molar-refractivity contribution in [2.45, 2.75) is 20.3 Å². The molecule has 1 aliphatic heterocycles. The number of methoxy groups -OCH3 is 1. The SMILES string of the molecule is COc1ccc2c(c1)CC(C(C)C)CN2CCS(=O)(=O)F. The minimum absolute atomic E-state index is 0.182. The molecule has 1 unspecified atom stereocenters. The summed E-state index contributed by atoms with van der Waals surface area (Å²) in [4.78, 5) is 1.97. The highest BCUT2D eigenvalue weighted by atomic mass is 32.3. The first kappa shape index (κ1) is 16.1. The van der Waals surface area contributed by atoms with Gasteiger partial charge in [-0.3, -0.25) is 0 Å². The van der Waals surface area contributed by atoms with Crippen LogP contribution < -0.4 is 9.64 Å². The number of anilines is 1. The fraction of sp³-hybridized carbons (Fsp3) is 0.600. The van der Waals surface area contributed by atoms with Crippen LogP contribution in [0.4, 0.5) is 9.57 Å². The van der Waals surface area contributed by atoms with Crippen molar-refractivity contribution in [3.63, 3.8) is 0 Å². The first-order chi connectivity index (χ1) is 9.80. The highest BCUT2D eigenvalue weighted by Crippen LogP contribution is 2.35. The maximum absolute atomic E-state index is 12.8. The molecule has 1 aromatic rings. The van der Waals surface area contributed by atoms with E-state index in [0.717, 1.165) is 30.0 Å². The molecule has 1 heterocycles. The summed E-state index contributed by atoms with van der Waals surface area (Å²) in [6.45, 7) is 5.24. The number of nitrogens with zero attached hydrogens (tertiary/aromatic N) is 1. The molecule has 4 nitrogen and oxygen atoms in total. The van der Waals surface area contributed by atoms with Gasteiger partial charge >= 0.3 is 10.2 Å². The summed E-state index contributed by atoms with van der Waals surface area (Å²) in [6.07, 6.45) is 0.934. The lowest BCUT2D eigenvalue weighted by Gasteiger charge is -2.37. The molecule has 21 heavy (non-hydrogen) atoms. The summed E-state index contributed by atoms with van der Waals surface area (Å²) in [7, 11) is -2.82. The zero-order valence-electron chi connectivity index (χ0n) is 12.7. The number of rotatable bonds is 5. The van der Waals surface area contributed by atoms with E-state index in [1.54, 1.807) is 7.11 Å². The molecule has 0 aliphatic carbocycles. The summed E-state index contributed by atoms with van der Waals surface area (Å²) in [6, 6.07) is 5.77. The molecule has 1 aliphatic rings. The van der Waals surface area contributed by atoms with E-state index in [-0.39, 0.29) is 6.54 Å². The van der Waals surface area contributed by atoms with Gasteiger partial charge in [0.25, 0.3) is 0 Å². The second kappa shape index (κ2) is 6.22. The lowest BCUT2D eigenvalue weighted by molar-refractivity contribution is 0.368. The topological polar surface area (TPSA) is 46.6 Å². The van der Waals surface area contributed by atoms with Gasteiger partial charge in [-0.15, -0.1) is 3.89 Å². The van der Waals surface area contributed by atoms with Gasteiger partial charge in [0.2, 0.25) is 0 Å². The lowest BCUT2D eigenvalue weighted by atomic mass is 9.85. The molecule has 0 fully saturated rings.